The molecule has 198 valence electrons. The van der Waals surface area contributed by atoms with Gasteiger partial charge in [0.25, 0.3) is 0 Å². The zero-order chi connectivity index (χ0) is 25.5. The van der Waals surface area contributed by atoms with E-state index in [1.54, 1.807) is 0 Å². The van der Waals surface area contributed by atoms with Crippen LogP contribution in [0, 0.1) is 5.92 Å². The minimum Gasteiger partial charge on any atom is -0.369 e. The molecule has 1 saturated carbocycles. The quantitative estimate of drug-likeness (QED) is 0.398. The second-order valence-electron chi connectivity index (χ2n) is 10.4. The number of anilines is 3. The smallest absolute Gasteiger partial charge is 0.313 e. The molecular formula is C28H39N7O2. The summed E-state index contributed by atoms with van der Waals surface area (Å²) in [6.45, 7) is 10.7. The van der Waals surface area contributed by atoms with Gasteiger partial charge in [-0.3, -0.25) is 24.4 Å². The van der Waals surface area contributed by atoms with Crippen LogP contribution in [0.1, 0.15) is 19.3 Å². The van der Waals surface area contributed by atoms with E-state index in [0.717, 1.165) is 76.9 Å². The molecule has 5 rings (SSSR count). The summed E-state index contributed by atoms with van der Waals surface area (Å²) in [7, 11) is 0. The predicted molar refractivity (Wildman–Crippen MR) is 147 cm³/mol. The summed E-state index contributed by atoms with van der Waals surface area (Å²) in [5, 5.41) is 5.54. The molecule has 2 amide bonds. The highest BCUT2D eigenvalue weighted by atomic mass is 16.2. The molecule has 0 atom stereocenters. The molecule has 9 nitrogen and oxygen atoms in total. The number of carbonyl (C=O) groups is 2. The Hall–Kier alpha value is -3.17. The van der Waals surface area contributed by atoms with Crippen molar-refractivity contribution < 1.29 is 9.59 Å². The van der Waals surface area contributed by atoms with E-state index < -0.39 is 11.8 Å². The molecule has 2 aromatic rings. The van der Waals surface area contributed by atoms with Crippen molar-refractivity contribution in [3.63, 3.8) is 0 Å². The number of benzene rings is 1. The Morgan fingerprint density at radius 3 is 2.19 bits per heavy atom. The highest BCUT2D eigenvalue weighted by Crippen LogP contribution is 2.30. The third-order valence-corrected chi connectivity index (χ3v) is 7.60. The van der Waals surface area contributed by atoms with E-state index in [1.807, 2.05) is 42.7 Å². The standard InChI is InChI=1S/C28H39N7O2/c36-27(30-9-2-12-32-13-17-34(18-14-32)25-7-10-29-11-8-25)28(37)31-24-3-1-4-26(21-24)35-19-15-33(16-20-35)22-23-5-6-23/h1,3-4,7-8,10-11,21,23H,2,5-6,9,12-20,22H2,(H,30,36)(H,31,37). The first-order chi connectivity index (χ1) is 18.1. The van der Waals surface area contributed by atoms with E-state index in [4.69, 9.17) is 0 Å². The van der Waals surface area contributed by atoms with Crippen LogP contribution in [-0.4, -0.2) is 98.6 Å². The number of nitrogens with zero attached hydrogens (tertiary/aromatic N) is 5. The number of carbonyl (C=O) groups excluding carboxylic acids is 2. The van der Waals surface area contributed by atoms with Crippen LogP contribution in [-0.2, 0) is 9.59 Å². The summed E-state index contributed by atoms with van der Waals surface area (Å²) in [5.74, 6) is -0.274. The molecule has 0 radical (unpaired) electrons. The third kappa shape index (κ3) is 7.42. The van der Waals surface area contributed by atoms with Crippen molar-refractivity contribution in [2.45, 2.75) is 19.3 Å². The Morgan fingerprint density at radius 1 is 0.811 bits per heavy atom. The predicted octanol–water partition coefficient (Wildman–Crippen LogP) is 1.88. The molecule has 9 heteroatoms. The average Bonchev–Trinajstić information content (AvgIpc) is 3.76. The summed E-state index contributed by atoms with van der Waals surface area (Å²) < 4.78 is 0. The van der Waals surface area contributed by atoms with Crippen molar-refractivity contribution in [1.82, 2.24) is 20.1 Å². The van der Waals surface area contributed by atoms with E-state index >= 15 is 0 Å². The molecule has 0 unspecified atom stereocenters. The van der Waals surface area contributed by atoms with Gasteiger partial charge in [-0.15, -0.1) is 0 Å². The summed E-state index contributed by atoms with van der Waals surface area (Å²) in [6, 6.07) is 11.9. The Morgan fingerprint density at radius 2 is 1.49 bits per heavy atom. The van der Waals surface area contributed by atoms with Crippen LogP contribution in [0.4, 0.5) is 17.1 Å². The zero-order valence-electron chi connectivity index (χ0n) is 21.6. The fraction of sp³-hybridized carbons (Fsp3) is 0.536. The highest BCUT2D eigenvalue weighted by molar-refractivity contribution is 6.39. The van der Waals surface area contributed by atoms with E-state index in [1.165, 1.54) is 25.1 Å². The highest BCUT2D eigenvalue weighted by Gasteiger charge is 2.26. The number of aromatic nitrogens is 1. The van der Waals surface area contributed by atoms with Crippen LogP contribution in [0.25, 0.3) is 0 Å². The molecule has 0 bridgehead atoms. The minimum absolute atomic E-state index is 0.488. The summed E-state index contributed by atoms with van der Waals surface area (Å²) in [6.07, 6.45) is 7.25. The van der Waals surface area contributed by atoms with Crippen LogP contribution < -0.4 is 20.4 Å². The lowest BCUT2D eigenvalue weighted by atomic mass is 10.2. The SMILES string of the molecule is O=C(NCCCN1CCN(c2ccncc2)CC1)C(=O)Nc1cccc(N2CCN(CC3CC3)CC2)c1. The number of amides is 2. The first kappa shape index (κ1) is 25.5. The van der Waals surface area contributed by atoms with Crippen molar-refractivity contribution in [2.75, 3.05) is 87.1 Å². The number of rotatable bonds is 9. The average molecular weight is 506 g/mol. The second kappa shape index (κ2) is 12.4. The number of pyridine rings is 1. The maximum Gasteiger partial charge on any atom is 0.313 e. The first-order valence-electron chi connectivity index (χ1n) is 13.7. The number of nitrogens with one attached hydrogen (secondary N) is 2. The molecule has 3 aliphatic rings. The molecule has 0 spiro atoms. The first-order valence-corrected chi connectivity index (χ1v) is 13.7. The minimum atomic E-state index is -0.614. The Balaban J connectivity index is 0.985. The molecule has 1 aliphatic carbocycles. The van der Waals surface area contributed by atoms with Gasteiger partial charge in [0.15, 0.2) is 0 Å². The fourth-order valence-corrected chi connectivity index (χ4v) is 5.19. The third-order valence-electron chi connectivity index (χ3n) is 7.60. The molecule has 1 aromatic heterocycles. The second-order valence-corrected chi connectivity index (χ2v) is 10.4. The molecule has 1 aromatic carbocycles. The molecular weight excluding hydrogens is 466 g/mol. The maximum atomic E-state index is 12.5. The van der Waals surface area contributed by atoms with Gasteiger partial charge < -0.3 is 20.4 Å². The van der Waals surface area contributed by atoms with Gasteiger partial charge in [0.1, 0.15) is 0 Å². The van der Waals surface area contributed by atoms with Crippen molar-refractivity contribution in [3.8, 4) is 0 Å². The Bertz CT molecular complexity index is 1030. The van der Waals surface area contributed by atoms with E-state index in [-0.39, 0.29) is 0 Å². The molecule has 3 heterocycles. The van der Waals surface area contributed by atoms with Crippen molar-refractivity contribution in [1.29, 1.82) is 0 Å². The maximum absolute atomic E-state index is 12.5. The Labute approximate surface area is 219 Å². The zero-order valence-corrected chi connectivity index (χ0v) is 21.6. The van der Waals surface area contributed by atoms with Crippen LogP contribution in [0.5, 0.6) is 0 Å². The van der Waals surface area contributed by atoms with Gasteiger partial charge in [-0.25, -0.2) is 0 Å². The fourth-order valence-electron chi connectivity index (χ4n) is 5.19. The van der Waals surface area contributed by atoms with E-state index in [0.29, 0.717) is 12.2 Å². The summed E-state index contributed by atoms with van der Waals surface area (Å²) in [4.78, 5) is 38.6. The molecule has 2 aliphatic heterocycles. The van der Waals surface area contributed by atoms with Crippen LogP contribution in [0.15, 0.2) is 48.8 Å². The van der Waals surface area contributed by atoms with Crippen molar-refractivity contribution in [3.05, 3.63) is 48.8 Å². The number of piperazine rings is 2. The van der Waals surface area contributed by atoms with E-state index in [9.17, 15) is 9.59 Å². The van der Waals surface area contributed by atoms with Gasteiger partial charge in [0.2, 0.25) is 0 Å². The van der Waals surface area contributed by atoms with Gasteiger partial charge in [-0.1, -0.05) is 6.07 Å². The van der Waals surface area contributed by atoms with Gasteiger partial charge in [-0.05, 0) is 62.1 Å². The summed E-state index contributed by atoms with van der Waals surface area (Å²) >= 11 is 0. The number of hydrogen-bond donors (Lipinski definition) is 2. The lowest BCUT2D eigenvalue weighted by Gasteiger charge is -2.36. The van der Waals surface area contributed by atoms with Gasteiger partial charge >= 0.3 is 11.8 Å². The lowest BCUT2D eigenvalue weighted by molar-refractivity contribution is -0.136. The normalized spacial score (nSPS) is 19.0. The Kier molecular flexibility index (Phi) is 8.53. The van der Waals surface area contributed by atoms with Crippen molar-refractivity contribution >= 4 is 28.9 Å². The molecule has 2 N–H and O–H groups in total. The van der Waals surface area contributed by atoms with Crippen LogP contribution in [0.3, 0.4) is 0 Å². The largest absolute Gasteiger partial charge is 0.369 e. The molecule has 3 fully saturated rings. The van der Waals surface area contributed by atoms with Crippen LogP contribution >= 0.6 is 0 Å². The van der Waals surface area contributed by atoms with Crippen molar-refractivity contribution in [2.24, 2.45) is 5.92 Å². The number of hydrogen-bond acceptors (Lipinski definition) is 7. The molecule has 37 heavy (non-hydrogen) atoms. The van der Waals surface area contributed by atoms with Gasteiger partial charge in [-0.2, -0.15) is 0 Å². The monoisotopic (exact) mass is 505 g/mol. The van der Waals surface area contributed by atoms with Crippen LogP contribution in [0.2, 0.25) is 0 Å². The topological polar surface area (TPSA) is 84.0 Å². The van der Waals surface area contributed by atoms with E-state index in [2.05, 4.69) is 41.3 Å². The summed E-state index contributed by atoms with van der Waals surface area (Å²) in [5.41, 5.74) is 2.96. The van der Waals surface area contributed by atoms with Gasteiger partial charge in [0.05, 0.1) is 0 Å². The molecule has 2 saturated heterocycles. The lowest BCUT2D eigenvalue weighted by Crippen LogP contribution is -2.47. The van der Waals surface area contributed by atoms with Gasteiger partial charge in [0, 0.05) is 94.9 Å².